The molecule has 0 spiro atoms. The van der Waals surface area contributed by atoms with E-state index >= 15 is 0 Å². The summed E-state index contributed by atoms with van der Waals surface area (Å²) >= 11 is 0. The first-order valence-corrected chi connectivity index (χ1v) is 9.53. The van der Waals surface area contributed by atoms with Crippen molar-refractivity contribution in [2.75, 3.05) is 0 Å². The fourth-order valence-corrected chi connectivity index (χ4v) is 4.66. The minimum absolute atomic E-state index is 0.580. The molecule has 5 rings (SSSR count). The van der Waals surface area contributed by atoms with E-state index in [-0.39, 0.29) is 0 Å². The summed E-state index contributed by atoms with van der Waals surface area (Å²) in [5.41, 5.74) is 5.96. The van der Waals surface area contributed by atoms with Crippen LogP contribution in [0.5, 0.6) is 0 Å². The lowest BCUT2D eigenvalue weighted by molar-refractivity contribution is 0.574. The SMILES string of the molecule is C=Cc1ccc(C2(c3cc(F)cc(F)c3)c3ccccc3-c3ccccc32)cc1. The number of benzene rings is 4. The lowest BCUT2D eigenvalue weighted by Crippen LogP contribution is -2.29. The highest BCUT2D eigenvalue weighted by Gasteiger charge is 2.46. The summed E-state index contributed by atoms with van der Waals surface area (Å²) in [5, 5.41) is 0. The summed E-state index contributed by atoms with van der Waals surface area (Å²) < 4.78 is 28.8. The molecule has 0 amide bonds. The largest absolute Gasteiger partial charge is 0.207 e. The van der Waals surface area contributed by atoms with Crippen molar-refractivity contribution in [3.05, 3.63) is 137 Å². The van der Waals surface area contributed by atoms with E-state index in [1.54, 1.807) is 6.08 Å². The molecule has 0 aromatic heterocycles. The molecule has 0 aliphatic heterocycles. The van der Waals surface area contributed by atoms with Crippen LogP contribution in [0.2, 0.25) is 0 Å². The Kier molecular flexibility index (Phi) is 3.95. The number of rotatable bonds is 3. The van der Waals surface area contributed by atoms with Crippen molar-refractivity contribution in [1.82, 2.24) is 0 Å². The summed E-state index contributed by atoms with van der Waals surface area (Å²) in [6, 6.07) is 28.1. The zero-order valence-electron chi connectivity index (χ0n) is 15.7. The van der Waals surface area contributed by atoms with E-state index < -0.39 is 17.0 Å². The van der Waals surface area contributed by atoms with Gasteiger partial charge in [-0.3, -0.25) is 0 Å². The van der Waals surface area contributed by atoms with Crippen molar-refractivity contribution in [1.29, 1.82) is 0 Å². The van der Waals surface area contributed by atoms with E-state index in [0.29, 0.717) is 5.56 Å². The van der Waals surface area contributed by atoms with E-state index in [1.807, 2.05) is 48.5 Å². The Balaban J connectivity index is 1.95. The van der Waals surface area contributed by atoms with Crippen LogP contribution < -0.4 is 0 Å². The second-order valence-electron chi connectivity index (χ2n) is 7.33. The lowest BCUT2D eigenvalue weighted by atomic mass is 9.67. The monoisotopic (exact) mass is 380 g/mol. The average molecular weight is 380 g/mol. The van der Waals surface area contributed by atoms with Gasteiger partial charge in [-0.1, -0.05) is 85.5 Å². The van der Waals surface area contributed by atoms with Crippen LogP contribution in [0, 0.1) is 11.6 Å². The highest BCUT2D eigenvalue weighted by atomic mass is 19.1. The molecule has 0 saturated heterocycles. The minimum atomic E-state index is -0.796. The average Bonchev–Trinajstić information content (AvgIpc) is 3.05. The van der Waals surface area contributed by atoms with Crippen molar-refractivity contribution in [2.45, 2.75) is 5.41 Å². The van der Waals surface area contributed by atoms with Gasteiger partial charge in [-0.15, -0.1) is 0 Å². The third-order valence-corrected chi connectivity index (χ3v) is 5.83. The molecule has 4 aromatic rings. The maximum atomic E-state index is 14.4. The summed E-state index contributed by atoms with van der Waals surface area (Å²) in [6.07, 6.45) is 1.79. The Morgan fingerprint density at radius 2 is 1.14 bits per heavy atom. The molecule has 0 bridgehead atoms. The topological polar surface area (TPSA) is 0 Å². The zero-order chi connectivity index (χ0) is 20.0. The van der Waals surface area contributed by atoms with Gasteiger partial charge in [0.05, 0.1) is 5.41 Å². The first-order valence-electron chi connectivity index (χ1n) is 9.53. The van der Waals surface area contributed by atoms with Gasteiger partial charge in [-0.25, -0.2) is 8.78 Å². The lowest BCUT2D eigenvalue weighted by Gasteiger charge is -2.34. The van der Waals surface area contributed by atoms with E-state index in [9.17, 15) is 8.78 Å². The van der Waals surface area contributed by atoms with Crippen molar-refractivity contribution >= 4 is 6.08 Å². The van der Waals surface area contributed by atoms with Crippen LogP contribution in [-0.4, -0.2) is 0 Å². The first kappa shape index (κ1) is 17.6. The predicted molar refractivity (Wildman–Crippen MR) is 114 cm³/mol. The summed E-state index contributed by atoms with van der Waals surface area (Å²) in [5.74, 6) is -1.16. The third-order valence-electron chi connectivity index (χ3n) is 5.83. The molecule has 0 N–H and O–H groups in total. The molecular formula is C27H18F2. The molecule has 1 aliphatic rings. The minimum Gasteiger partial charge on any atom is -0.207 e. The highest BCUT2D eigenvalue weighted by Crippen LogP contribution is 2.56. The quantitative estimate of drug-likeness (QED) is 0.317. The second-order valence-corrected chi connectivity index (χ2v) is 7.33. The normalized spacial score (nSPS) is 13.6. The molecule has 0 radical (unpaired) electrons. The molecular weight excluding hydrogens is 362 g/mol. The van der Waals surface area contributed by atoms with Gasteiger partial charge in [0.2, 0.25) is 0 Å². The molecule has 1 aliphatic carbocycles. The molecule has 0 nitrogen and oxygen atoms in total. The molecule has 0 saturated carbocycles. The van der Waals surface area contributed by atoms with Crippen LogP contribution in [0.4, 0.5) is 8.78 Å². The van der Waals surface area contributed by atoms with Gasteiger partial charge in [-0.2, -0.15) is 0 Å². The maximum Gasteiger partial charge on any atom is 0.126 e. The Morgan fingerprint density at radius 3 is 1.66 bits per heavy atom. The number of hydrogen-bond donors (Lipinski definition) is 0. The molecule has 140 valence electrons. The van der Waals surface area contributed by atoms with Gasteiger partial charge in [0, 0.05) is 6.07 Å². The van der Waals surface area contributed by atoms with Gasteiger partial charge in [0.15, 0.2) is 0 Å². The smallest absolute Gasteiger partial charge is 0.126 e. The highest BCUT2D eigenvalue weighted by molar-refractivity contribution is 5.86. The van der Waals surface area contributed by atoms with Gasteiger partial charge in [-0.05, 0) is 51.1 Å². The molecule has 0 unspecified atom stereocenters. The summed E-state index contributed by atoms with van der Waals surface area (Å²) in [7, 11) is 0. The fourth-order valence-electron chi connectivity index (χ4n) is 4.66. The van der Waals surface area contributed by atoms with E-state index in [2.05, 4.69) is 30.8 Å². The summed E-state index contributed by atoms with van der Waals surface area (Å²) in [4.78, 5) is 0. The zero-order valence-corrected chi connectivity index (χ0v) is 15.7. The summed E-state index contributed by atoms with van der Waals surface area (Å²) in [6.45, 7) is 3.83. The number of hydrogen-bond acceptors (Lipinski definition) is 0. The van der Waals surface area contributed by atoms with Crippen molar-refractivity contribution in [3.63, 3.8) is 0 Å². The van der Waals surface area contributed by atoms with Crippen LogP contribution >= 0.6 is 0 Å². The van der Waals surface area contributed by atoms with Crippen molar-refractivity contribution in [3.8, 4) is 11.1 Å². The van der Waals surface area contributed by atoms with E-state index in [1.165, 1.54) is 12.1 Å². The molecule has 0 heterocycles. The fraction of sp³-hybridized carbons (Fsp3) is 0.0370. The third kappa shape index (κ3) is 2.49. The van der Waals surface area contributed by atoms with Crippen molar-refractivity contribution < 1.29 is 8.78 Å². The Hall–Kier alpha value is -3.52. The molecule has 2 heteroatoms. The molecule has 0 fully saturated rings. The van der Waals surface area contributed by atoms with Crippen LogP contribution in [0.1, 0.15) is 27.8 Å². The van der Waals surface area contributed by atoms with E-state index in [0.717, 1.165) is 39.4 Å². The molecule has 29 heavy (non-hydrogen) atoms. The first-order chi connectivity index (χ1) is 14.1. The van der Waals surface area contributed by atoms with Gasteiger partial charge >= 0.3 is 0 Å². The number of fused-ring (bicyclic) bond motifs is 3. The van der Waals surface area contributed by atoms with Crippen LogP contribution in [0.25, 0.3) is 17.2 Å². The predicted octanol–water partition coefficient (Wildman–Crippen LogP) is 6.97. The molecule has 0 atom stereocenters. The van der Waals surface area contributed by atoms with Crippen LogP contribution in [0.15, 0.2) is 97.6 Å². The second kappa shape index (κ2) is 6.52. The maximum absolute atomic E-state index is 14.4. The van der Waals surface area contributed by atoms with Crippen molar-refractivity contribution in [2.24, 2.45) is 0 Å². The standard InChI is InChI=1S/C27H18F2/c1-2-18-11-13-19(14-12-18)27(20-15-21(28)17-22(29)16-20)25-9-5-3-7-23(25)24-8-4-6-10-26(24)27/h2-17H,1H2. The molecule has 4 aromatic carbocycles. The van der Waals surface area contributed by atoms with Gasteiger partial charge in [0.1, 0.15) is 11.6 Å². The van der Waals surface area contributed by atoms with Gasteiger partial charge < -0.3 is 0 Å². The van der Waals surface area contributed by atoms with Crippen LogP contribution in [0.3, 0.4) is 0 Å². The van der Waals surface area contributed by atoms with E-state index in [4.69, 9.17) is 0 Å². The Labute approximate surface area is 168 Å². The Bertz CT molecular complexity index is 1170. The van der Waals surface area contributed by atoms with Gasteiger partial charge in [0.25, 0.3) is 0 Å². The van der Waals surface area contributed by atoms with Crippen LogP contribution in [-0.2, 0) is 5.41 Å². The Morgan fingerprint density at radius 1 is 0.621 bits per heavy atom. The number of halogens is 2.